The first-order valence-electron chi connectivity index (χ1n) is 6.60. The van der Waals surface area contributed by atoms with Crippen LogP contribution in [-0.4, -0.2) is 11.1 Å². The van der Waals surface area contributed by atoms with E-state index in [0.717, 1.165) is 5.56 Å². The van der Waals surface area contributed by atoms with E-state index >= 15 is 0 Å². The molecule has 0 fully saturated rings. The van der Waals surface area contributed by atoms with Crippen molar-refractivity contribution in [1.29, 1.82) is 0 Å². The molecule has 2 aromatic heterocycles. The third-order valence-corrected chi connectivity index (χ3v) is 3.22. The van der Waals surface area contributed by atoms with Crippen molar-refractivity contribution in [1.82, 2.24) is 5.16 Å². The zero-order chi connectivity index (χ0) is 14.7. The van der Waals surface area contributed by atoms with E-state index in [1.165, 1.54) is 0 Å². The summed E-state index contributed by atoms with van der Waals surface area (Å²) in [6.07, 6.45) is 1.56. The molecule has 0 saturated carbocycles. The molecule has 1 N–H and O–H groups in total. The van der Waals surface area contributed by atoms with Gasteiger partial charge < -0.3 is 8.94 Å². The molecule has 106 valence electrons. The molecule has 2 heterocycles. The minimum atomic E-state index is -0.275. The molecule has 5 heteroatoms. The van der Waals surface area contributed by atoms with Crippen LogP contribution in [-0.2, 0) is 4.79 Å². The van der Waals surface area contributed by atoms with Crippen molar-refractivity contribution in [2.45, 2.75) is 12.8 Å². The van der Waals surface area contributed by atoms with Crippen molar-refractivity contribution in [3.63, 3.8) is 0 Å². The number of nitrogens with one attached hydrogen (secondary N) is 1. The average Bonchev–Trinajstić information content (AvgIpc) is 3.18. The Morgan fingerprint density at radius 2 is 2.00 bits per heavy atom. The van der Waals surface area contributed by atoms with Crippen LogP contribution < -0.4 is 5.32 Å². The van der Waals surface area contributed by atoms with E-state index in [0.29, 0.717) is 17.3 Å². The van der Waals surface area contributed by atoms with Crippen LogP contribution in [0.5, 0.6) is 0 Å². The highest BCUT2D eigenvalue weighted by atomic mass is 16.5. The monoisotopic (exact) mass is 282 g/mol. The molecule has 1 aromatic carbocycles. The second-order valence-corrected chi connectivity index (χ2v) is 4.68. The summed E-state index contributed by atoms with van der Waals surface area (Å²) in [6, 6.07) is 14.7. The first-order valence-corrected chi connectivity index (χ1v) is 6.60. The maximum Gasteiger partial charge on any atom is 0.234 e. The number of carbonyl (C=O) groups excluding carboxylic acids is 1. The van der Waals surface area contributed by atoms with Gasteiger partial charge >= 0.3 is 0 Å². The summed E-state index contributed by atoms with van der Waals surface area (Å²) in [5.74, 6) is 0.469. The van der Waals surface area contributed by atoms with Crippen molar-refractivity contribution in [3.05, 3.63) is 60.4 Å². The number of amides is 1. The Hall–Kier alpha value is -2.82. The molecule has 5 nitrogen and oxygen atoms in total. The standard InChI is InChI=1S/C16H14N2O3/c1-11(12-6-3-2-4-7-12)16(19)17-15-10-13(18-21-15)14-8-5-9-20-14/h2-11H,1H3,(H,17,19). The lowest BCUT2D eigenvalue weighted by Crippen LogP contribution is -2.18. The van der Waals surface area contributed by atoms with Gasteiger partial charge in [-0.1, -0.05) is 35.5 Å². The zero-order valence-corrected chi connectivity index (χ0v) is 11.4. The highest BCUT2D eigenvalue weighted by Crippen LogP contribution is 2.23. The number of aromatic nitrogens is 1. The van der Waals surface area contributed by atoms with Gasteiger partial charge in [0, 0.05) is 6.07 Å². The number of carbonyl (C=O) groups is 1. The van der Waals surface area contributed by atoms with Crippen LogP contribution in [0.4, 0.5) is 5.88 Å². The van der Waals surface area contributed by atoms with Crippen LogP contribution in [0.1, 0.15) is 18.4 Å². The Labute approximate surface area is 121 Å². The maximum absolute atomic E-state index is 12.2. The van der Waals surface area contributed by atoms with Gasteiger partial charge in [0.1, 0.15) is 0 Å². The summed E-state index contributed by atoms with van der Waals surface area (Å²) >= 11 is 0. The number of hydrogen-bond donors (Lipinski definition) is 1. The number of hydrogen-bond acceptors (Lipinski definition) is 4. The first kappa shape index (κ1) is 13.2. The van der Waals surface area contributed by atoms with E-state index in [1.807, 2.05) is 37.3 Å². The molecule has 3 rings (SSSR count). The van der Waals surface area contributed by atoms with Gasteiger partial charge in [-0.2, -0.15) is 0 Å². The molecule has 1 unspecified atom stereocenters. The molecule has 0 saturated heterocycles. The molecule has 0 aliphatic carbocycles. The zero-order valence-electron chi connectivity index (χ0n) is 11.4. The molecule has 1 atom stereocenters. The number of benzene rings is 1. The minimum absolute atomic E-state index is 0.150. The lowest BCUT2D eigenvalue weighted by Gasteiger charge is -2.10. The quantitative estimate of drug-likeness (QED) is 0.792. The van der Waals surface area contributed by atoms with Gasteiger partial charge in [-0.25, -0.2) is 0 Å². The molecule has 0 spiro atoms. The van der Waals surface area contributed by atoms with Crippen LogP contribution in [0.15, 0.2) is 63.7 Å². The van der Waals surface area contributed by atoms with Gasteiger partial charge in [-0.05, 0) is 24.6 Å². The van der Waals surface area contributed by atoms with Crippen LogP contribution in [0.25, 0.3) is 11.5 Å². The summed E-state index contributed by atoms with van der Waals surface area (Å²) < 4.78 is 10.3. The van der Waals surface area contributed by atoms with Gasteiger partial charge in [0.05, 0.1) is 12.2 Å². The third-order valence-electron chi connectivity index (χ3n) is 3.22. The normalized spacial score (nSPS) is 12.0. The molecule has 0 bridgehead atoms. The lowest BCUT2D eigenvalue weighted by molar-refractivity contribution is -0.117. The summed E-state index contributed by atoms with van der Waals surface area (Å²) in [5.41, 5.74) is 1.49. The Kier molecular flexibility index (Phi) is 3.55. The van der Waals surface area contributed by atoms with E-state index in [-0.39, 0.29) is 11.8 Å². The molecule has 0 radical (unpaired) electrons. The molecular weight excluding hydrogens is 268 g/mol. The van der Waals surface area contributed by atoms with Crippen molar-refractivity contribution >= 4 is 11.8 Å². The molecular formula is C16H14N2O3. The Balaban J connectivity index is 1.71. The first-order chi connectivity index (χ1) is 10.2. The van der Waals surface area contributed by atoms with Crippen molar-refractivity contribution < 1.29 is 13.7 Å². The largest absolute Gasteiger partial charge is 0.463 e. The Bertz CT molecular complexity index is 717. The summed E-state index contributed by atoms with van der Waals surface area (Å²) in [4.78, 5) is 12.2. The van der Waals surface area contributed by atoms with E-state index < -0.39 is 0 Å². The molecule has 0 aliphatic heterocycles. The average molecular weight is 282 g/mol. The van der Waals surface area contributed by atoms with Crippen molar-refractivity contribution in [2.75, 3.05) is 5.32 Å². The predicted molar refractivity (Wildman–Crippen MR) is 77.7 cm³/mol. The number of nitrogens with zero attached hydrogens (tertiary/aromatic N) is 1. The Morgan fingerprint density at radius 3 is 2.71 bits per heavy atom. The maximum atomic E-state index is 12.2. The van der Waals surface area contributed by atoms with Crippen molar-refractivity contribution in [2.24, 2.45) is 0 Å². The fourth-order valence-electron chi connectivity index (χ4n) is 2.00. The topological polar surface area (TPSA) is 68.3 Å². The second kappa shape index (κ2) is 5.66. The highest BCUT2D eigenvalue weighted by molar-refractivity contribution is 5.94. The smallest absolute Gasteiger partial charge is 0.234 e. The van der Waals surface area contributed by atoms with Gasteiger partial charge in [0.2, 0.25) is 11.8 Å². The van der Waals surface area contributed by atoms with Crippen LogP contribution >= 0.6 is 0 Å². The van der Waals surface area contributed by atoms with E-state index in [4.69, 9.17) is 8.94 Å². The SMILES string of the molecule is CC(C(=O)Nc1cc(-c2ccco2)no1)c1ccccc1. The molecule has 3 aromatic rings. The molecule has 1 amide bonds. The van der Waals surface area contributed by atoms with E-state index in [1.54, 1.807) is 24.5 Å². The fraction of sp³-hybridized carbons (Fsp3) is 0.125. The van der Waals surface area contributed by atoms with Gasteiger partial charge in [0.25, 0.3) is 0 Å². The van der Waals surface area contributed by atoms with E-state index in [2.05, 4.69) is 10.5 Å². The van der Waals surface area contributed by atoms with Gasteiger partial charge in [-0.3, -0.25) is 10.1 Å². The summed E-state index contributed by atoms with van der Waals surface area (Å²) in [5, 5.41) is 6.57. The van der Waals surface area contributed by atoms with Crippen LogP contribution in [0.3, 0.4) is 0 Å². The Morgan fingerprint density at radius 1 is 1.19 bits per heavy atom. The summed E-state index contributed by atoms with van der Waals surface area (Å²) in [6.45, 7) is 1.84. The minimum Gasteiger partial charge on any atom is -0.463 e. The van der Waals surface area contributed by atoms with Crippen LogP contribution in [0.2, 0.25) is 0 Å². The van der Waals surface area contributed by atoms with E-state index in [9.17, 15) is 4.79 Å². The number of anilines is 1. The van der Waals surface area contributed by atoms with Gasteiger partial charge in [0.15, 0.2) is 11.5 Å². The predicted octanol–water partition coefficient (Wildman–Crippen LogP) is 3.68. The highest BCUT2D eigenvalue weighted by Gasteiger charge is 2.17. The number of furan rings is 1. The molecule has 21 heavy (non-hydrogen) atoms. The summed E-state index contributed by atoms with van der Waals surface area (Å²) in [7, 11) is 0. The number of rotatable bonds is 4. The van der Waals surface area contributed by atoms with Gasteiger partial charge in [-0.15, -0.1) is 0 Å². The van der Waals surface area contributed by atoms with Crippen molar-refractivity contribution in [3.8, 4) is 11.5 Å². The second-order valence-electron chi connectivity index (χ2n) is 4.68. The fourth-order valence-corrected chi connectivity index (χ4v) is 2.00. The molecule has 0 aliphatic rings. The van der Waals surface area contributed by atoms with Crippen LogP contribution in [0, 0.1) is 0 Å². The lowest BCUT2D eigenvalue weighted by atomic mass is 10.0. The third kappa shape index (κ3) is 2.86.